The van der Waals surface area contributed by atoms with Crippen molar-refractivity contribution in [3.05, 3.63) is 52.3 Å². The minimum absolute atomic E-state index is 0.0243. The zero-order valence-corrected chi connectivity index (χ0v) is 15.3. The van der Waals surface area contributed by atoms with E-state index in [1.165, 1.54) is 0 Å². The molecule has 0 radical (unpaired) electrons. The monoisotopic (exact) mass is 313 g/mol. The number of carbonyl (C=O) groups is 1. The van der Waals surface area contributed by atoms with Crippen LogP contribution in [0.5, 0.6) is 5.75 Å². The van der Waals surface area contributed by atoms with Crippen molar-refractivity contribution < 1.29 is 9.53 Å². The zero-order valence-electron chi connectivity index (χ0n) is 15.3. The highest BCUT2D eigenvalue weighted by Gasteiger charge is 2.23. The van der Waals surface area contributed by atoms with E-state index in [2.05, 4.69) is 25.3 Å². The number of aromatic nitrogens is 1. The maximum absolute atomic E-state index is 12.6. The average molecular weight is 313 g/mol. The Balaban J connectivity index is 2.23. The number of nitrogens with zero attached hydrogens (tertiary/aromatic N) is 1. The summed E-state index contributed by atoms with van der Waals surface area (Å²) in [6, 6.07) is 7.96. The highest BCUT2D eigenvalue weighted by molar-refractivity contribution is 5.98. The van der Waals surface area contributed by atoms with E-state index in [4.69, 9.17) is 4.74 Å². The molecule has 0 spiro atoms. The van der Waals surface area contributed by atoms with Crippen LogP contribution in [-0.4, -0.2) is 17.0 Å². The summed E-state index contributed by atoms with van der Waals surface area (Å²) in [5.41, 5.74) is 4.93. The van der Waals surface area contributed by atoms with E-state index in [1.54, 1.807) is 0 Å². The molecule has 3 nitrogen and oxygen atoms in total. The standard InChI is InChI=1S/C20H27NO2/c1-13-9-8-10-14(2)19(13)23-12-18(22)17-11-15(3)21(16(17)4)20(5,6)7/h8-11H,12H2,1-7H3. The first kappa shape index (κ1) is 17.3. The predicted octanol–water partition coefficient (Wildman–Crippen LogP) is 4.74. The number of benzene rings is 1. The van der Waals surface area contributed by atoms with Crippen molar-refractivity contribution in [3.8, 4) is 5.75 Å². The molecule has 0 aliphatic rings. The molecule has 1 aromatic carbocycles. The number of ether oxygens (including phenoxy) is 1. The third-order valence-electron chi connectivity index (χ3n) is 4.16. The highest BCUT2D eigenvalue weighted by atomic mass is 16.5. The van der Waals surface area contributed by atoms with Crippen LogP contribution in [0.25, 0.3) is 0 Å². The van der Waals surface area contributed by atoms with Gasteiger partial charge in [-0.15, -0.1) is 0 Å². The number of rotatable bonds is 4. The Hall–Kier alpha value is -2.03. The molecule has 0 saturated heterocycles. The lowest BCUT2D eigenvalue weighted by Gasteiger charge is -2.25. The second kappa shape index (κ2) is 6.23. The van der Waals surface area contributed by atoms with Crippen molar-refractivity contribution in [1.29, 1.82) is 0 Å². The first-order valence-electron chi connectivity index (χ1n) is 8.04. The number of para-hydroxylation sites is 1. The van der Waals surface area contributed by atoms with Crippen molar-refractivity contribution in [3.63, 3.8) is 0 Å². The second-order valence-electron chi connectivity index (χ2n) is 7.22. The Morgan fingerprint density at radius 3 is 2.13 bits per heavy atom. The van der Waals surface area contributed by atoms with Crippen LogP contribution >= 0.6 is 0 Å². The summed E-state index contributed by atoms with van der Waals surface area (Å²) in [5.74, 6) is 0.835. The molecule has 124 valence electrons. The van der Waals surface area contributed by atoms with E-state index in [-0.39, 0.29) is 17.9 Å². The van der Waals surface area contributed by atoms with Crippen molar-refractivity contribution in [2.24, 2.45) is 0 Å². The van der Waals surface area contributed by atoms with Gasteiger partial charge in [0, 0.05) is 22.5 Å². The van der Waals surface area contributed by atoms with Gasteiger partial charge in [-0.3, -0.25) is 4.79 Å². The summed E-state index contributed by atoms with van der Waals surface area (Å²) in [4.78, 5) is 12.6. The molecule has 0 fully saturated rings. The smallest absolute Gasteiger partial charge is 0.202 e. The van der Waals surface area contributed by atoms with E-state index in [1.807, 2.05) is 52.0 Å². The number of hydrogen-bond acceptors (Lipinski definition) is 2. The molecule has 0 aliphatic heterocycles. The molecule has 0 bridgehead atoms. The van der Waals surface area contributed by atoms with Crippen molar-refractivity contribution in [2.45, 2.75) is 54.0 Å². The first-order chi connectivity index (χ1) is 10.6. The summed E-state index contributed by atoms with van der Waals surface area (Å²) < 4.78 is 8.02. The zero-order chi connectivity index (χ0) is 17.4. The first-order valence-corrected chi connectivity index (χ1v) is 8.04. The van der Waals surface area contributed by atoms with Crippen LogP contribution < -0.4 is 4.74 Å². The fraction of sp³-hybridized carbons (Fsp3) is 0.450. The van der Waals surface area contributed by atoms with Gasteiger partial charge in [-0.2, -0.15) is 0 Å². The van der Waals surface area contributed by atoms with Crippen molar-refractivity contribution >= 4 is 5.78 Å². The van der Waals surface area contributed by atoms with E-state index in [0.29, 0.717) is 0 Å². The molecule has 0 unspecified atom stereocenters. The lowest BCUT2D eigenvalue weighted by molar-refractivity contribution is 0.0920. The van der Waals surface area contributed by atoms with Gasteiger partial charge in [-0.05, 0) is 65.7 Å². The largest absolute Gasteiger partial charge is 0.485 e. The predicted molar refractivity (Wildman–Crippen MR) is 94.6 cm³/mol. The van der Waals surface area contributed by atoms with Crippen LogP contribution in [0.4, 0.5) is 0 Å². The van der Waals surface area contributed by atoms with Gasteiger partial charge in [-0.1, -0.05) is 18.2 Å². The Morgan fingerprint density at radius 1 is 1.09 bits per heavy atom. The second-order valence-corrected chi connectivity index (χ2v) is 7.22. The molecular weight excluding hydrogens is 286 g/mol. The minimum Gasteiger partial charge on any atom is -0.485 e. The molecule has 0 amide bonds. The molecular formula is C20H27NO2. The molecule has 0 atom stereocenters. The molecule has 0 aliphatic carbocycles. The van der Waals surface area contributed by atoms with Crippen LogP contribution in [0, 0.1) is 27.7 Å². The summed E-state index contributed by atoms with van der Waals surface area (Å²) >= 11 is 0. The number of aryl methyl sites for hydroxylation is 3. The number of Topliss-reactive ketones (excluding diaryl/α,β-unsaturated/α-hetero) is 1. The Labute approximate surface area is 139 Å². The van der Waals surface area contributed by atoms with Crippen LogP contribution in [0.3, 0.4) is 0 Å². The Morgan fingerprint density at radius 2 is 1.65 bits per heavy atom. The summed E-state index contributed by atoms with van der Waals surface area (Å²) in [5, 5.41) is 0. The molecule has 3 heteroatoms. The maximum atomic E-state index is 12.6. The maximum Gasteiger partial charge on any atom is 0.202 e. The number of carbonyl (C=O) groups excluding carboxylic acids is 1. The normalized spacial score (nSPS) is 11.6. The molecule has 2 rings (SSSR count). The average Bonchev–Trinajstić information content (AvgIpc) is 2.72. The van der Waals surface area contributed by atoms with Gasteiger partial charge in [0.2, 0.25) is 5.78 Å². The van der Waals surface area contributed by atoms with E-state index >= 15 is 0 Å². The topological polar surface area (TPSA) is 31.2 Å². The van der Waals surface area contributed by atoms with Gasteiger partial charge in [0.15, 0.2) is 6.61 Å². The summed E-state index contributed by atoms with van der Waals surface area (Å²) in [7, 11) is 0. The van der Waals surface area contributed by atoms with Crippen LogP contribution in [0.2, 0.25) is 0 Å². The van der Waals surface area contributed by atoms with Gasteiger partial charge >= 0.3 is 0 Å². The Kier molecular flexibility index (Phi) is 4.69. The number of ketones is 1. The van der Waals surface area contributed by atoms with Crippen LogP contribution in [0.1, 0.15) is 53.6 Å². The van der Waals surface area contributed by atoms with Crippen LogP contribution in [-0.2, 0) is 5.54 Å². The quantitative estimate of drug-likeness (QED) is 0.764. The highest BCUT2D eigenvalue weighted by Crippen LogP contribution is 2.26. The third kappa shape index (κ3) is 3.49. The van der Waals surface area contributed by atoms with Crippen molar-refractivity contribution in [1.82, 2.24) is 4.57 Å². The van der Waals surface area contributed by atoms with Crippen LogP contribution in [0.15, 0.2) is 24.3 Å². The molecule has 2 aromatic rings. The van der Waals surface area contributed by atoms with Gasteiger partial charge in [0.1, 0.15) is 5.75 Å². The number of hydrogen-bond donors (Lipinski definition) is 0. The SMILES string of the molecule is Cc1cccc(C)c1OCC(=O)c1cc(C)n(C(C)(C)C)c1C. The fourth-order valence-electron chi connectivity index (χ4n) is 3.32. The lowest BCUT2D eigenvalue weighted by Crippen LogP contribution is -2.24. The van der Waals surface area contributed by atoms with Crippen molar-refractivity contribution in [2.75, 3.05) is 6.61 Å². The Bertz CT molecular complexity index is 713. The molecule has 0 saturated carbocycles. The van der Waals surface area contributed by atoms with Gasteiger partial charge in [0.05, 0.1) is 0 Å². The molecule has 1 heterocycles. The third-order valence-corrected chi connectivity index (χ3v) is 4.16. The van der Waals surface area contributed by atoms with E-state index in [0.717, 1.165) is 33.8 Å². The van der Waals surface area contributed by atoms with Gasteiger partial charge in [-0.25, -0.2) is 0 Å². The lowest BCUT2D eigenvalue weighted by atomic mass is 10.1. The molecule has 0 N–H and O–H groups in total. The fourth-order valence-corrected chi connectivity index (χ4v) is 3.32. The molecule has 1 aromatic heterocycles. The summed E-state index contributed by atoms with van der Waals surface area (Å²) in [6.07, 6.45) is 0. The summed E-state index contributed by atoms with van der Waals surface area (Å²) in [6.45, 7) is 14.6. The van der Waals surface area contributed by atoms with Gasteiger partial charge < -0.3 is 9.30 Å². The van der Waals surface area contributed by atoms with E-state index < -0.39 is 0 Å². The minimum atomic E-state index is -0.0415. The van der Waals surface area contributed by atoms with E-state index in [9.17, 15) is 4.79 Å². The molecule has 23 heavy (non-hydrogen) atoms. The van der Waals surface area contributed by atoms with Gasteiger partial charge in [0.25, 0.3) is 0 Å².